The first-order valence-electron chi connectivity index (χ1n) is 8.35. The number of carboxylic acids is 1. The quantitative estimate of drug-likeness (QED) is 0.572. The molecule has 0 unspecified atom stereocenters. The molecule has 0 saturated heterocycles. The molecular weight excluding hydrogens is 310 g/mol. The third-order valence-corrected chi connectivity index (χ3v) is 3.57. The summed E-state index contributed by atoms with van der Waals surface area (Å²) in [7, 11) is 1.59. The van der Waals surface area contributed by atoms with Crippen LogP contribution >= 0.6 is 0 Å². The summed E-state index contributed by atoms with van der Waals surface area (Å²) < 4.78 is 11.0. The van der Waals surface area contributed by atoms with Crippen molar-refractivity contribution in [2.75, 3.05) is 13.7 Å². The van der Waals surface area contributed by atoms with Crippen molar-refractivity contribution < 1.29 is 24.2 Å². The highest BCUT2D eigenvalue weighted by atomic mass is 16.5. The summed E-state index contributed by atoms with van der Waals surface area (Å²) in [5, 5.41) is 11.3. The number of methoxy groups -OCH3 is 1. The fourth-order valence-corrected chi connectivity index (χ4v) is 2.16. The Morgan fingerprint density at radius 3 is 2.62 bits per heavy atom. The maximum absolute atomic E-state index is 11.6. The van der Waals surface area contributed by atoms with Crippen LogP contribution in [-0.2, 0) is 16.1 Å². The van der Waals surface area contributed by atoms with Crippen LogP contribution in [0.25, 0.3) is 0 Å². The molecule has 0 radical (unpaired) electrons. The van der Waals surface area contributed by atoms with Gasteiger partial charge in [0.1, 0.15) is 11.5 Å². The van der Waals surface area contributed by atoms with E-state index in [0.717, 1.165) is 18.4 Å². The molecular formula is C18H27NO5. The normalized spacial score (nSPS) is 10.2. The largest absolute Gasteiger partial charge is 0.497 e. The summed E-state index contributed by atoms with van der Waals surface area (Å²) in [5.74, 6) is 0.108. The zero-order chi connectivity index (χ0) is 17.8. The maximum Gasteiger partial charge on any atom is 0.303 e. The Morgan fingerprint density at radius 2 is 1.96 bits per heavy atom. The Hall–Kier alpha value is -2.24. The molecule has 6 heteroatoms. The second-order valence-corrected chi connectivity index (χ2v) is 5.55. The molecule has 0 aliphatic carbocycles. The second-order valence-electron chi connectivity index (χ2n) is 5.55. The van der Waals surface area contributed by atoms with E-state index in [9.17, 15) is 9.59 Å². The SMILES string of the molecule is CCCCCCOc1cc(OC)ccc1CNC(=O)CCC(=O)O. The van der Waals surface area contributed by atoms with E-state index in [1.807, 2.05) is 12.1 Å². The van der Waals surface area contributed by atoms with Gasteiger partial charge in [-0.05, 0) is 18.6 Å². The molecule has 0 atom stereocenters. The Labute approximate surface area is 143 Å². The molecule has 1 aromatic carbocycles. The summed E-state index contributed by atoms with van der Waals surface area (Å²) in [6.45, 7) is 3.08. The Balaban J connectivity index is 2.57. The Kier molecular flexibility index (Phi) is 9.34. The molecule has 1 aromatic rings. The predicted octanol–water partition coefficient (Wildman–Crippen LogP) is 3.14. The number of benzene rings is 1. The zero-order valence-electron chi connectivity index (χ0n) is 14.5. The lowest BCUT2D eigenvalue weighted by Crippen LogP contribution is -2.23. The molecule has 0 fully saturated rings. The van der Waals surface area contributed by atoms with Crippen molar-refractivity contribution in [2.24, 2.45) is 0 Å². The molecule has 0 aromatic heterocycles. The molecule has 0 spiro atoms. The van der Waals surface area contributed by atoms with Crippen molar-refractivity contribution in [3.8, 4) is 11.5 Å². The van der Waals surface area contributed by atoms with E-state index in [4.69, 9.17) is 14.6 Å². The number of aliphatic carboxylic acids is 1. The number of carbonyl (C=O) groups excluding carboxylic acids is 1. The zero-order valence-corrected chi connectivity index (χ0v) is 14.5. The van der Waals surface area contributed by atoms with Gasteiger partial charge < -0.3 is 19.9 Å². The van der Waals surface area contributed by atoms with Gasteiger partial charge in [0, 0.05) is 24.6 Å². The average molecular weight is 337 g/mol. The lowest BCUT2D eigenvalue weighted by Gasteiger charge is -2.14. The number of carboxylic acid groups (broad SMARTS) is 1. The number of hydrogen-bond acceptors (Lipinski definition) is 4. The van der Waals surface area contributed by atoms with Crippen LogP contribution in [0.3, 0.4) is 0 Å². The van der Waals surface area contributed by atoms with E-state index in [0.29, 0.717) is 24.7 Å². The molecule has 0 aliphatic rings. The van der Waals surface area contributed by atoms with E-state index in [1.165, 1.54) is 12.8 Å². The van der Waals surface area contributed by atoms with Crippen LogP contribution in [0.1, 0.15) is 51.0 Å². The third-order valence-electron chi connectivity index (χ3n) is 3.57. The van der Waals surface area contributed by atoms with Gasteiger partial charge in [0.15, 0.2) is 0 Å². The average Bonchev–Trinajstić information content (AvgIpc) is 2.58. The predicted molar refractivity (Wildman–Crippen MR) is 91.3 cm³/mol. The summed E-state index contributed by atoms with van der Waals surface area (Å²) in [5.41, 5.74) is 0.843. The molecule has 0 aliphatic heterocycles. The number of unbranched alkanes of at least 4 members (excludes halogenated alkanes) is 3. The van der Waals surface area contributed by atoms with Gasteiger partial charge in [-0.2, -0.15) is 0 Å². The lowest BCUT2D eigenvalue weighted by atomic mass is 10.1. The number of hydrogen-bond donors (Lipinski definition) is 2. The number of amides is 1. The Morgan fingerprint density at radius 1 is 1.17 bits per heavy atom. The highest BCUT2D eigenvalue weighted by Gasteiger charge is 2.09. The van der Waals surface area contributed by atoms with Crippen LogP contribution in [0.4, 0.5) is 0 Å². The molecule has 6 nitrogen and oxygen atoms in total. The van der Waals surface area contributed by atoms with Crippen molar-refractivity contribution >= 4 is 11.9 Å². The first-order valence-corrected chi connectivity index (χ1v) is 8.35. The molecule has 0 heterocycles. The smallest absolute Gasteiger partial charge is 0.303 e. The van der Waals surface area contributed by atoms with Crippen molar-refractivity contribution in [2.45, 2.75) is 52.0 Å². The number of carbonyl (C=O) groups is 2. The first-order chi connectivity index (χ1) is 11.6. The number of rotatable bonds is 12. The monoisotopic (exact) mass is 337 g/mol. The molecule has 134 valence electrons. The van der Waals surface area contributed by atoms with Crippen LogP contribution < -0.4 is 14.8 Å². The van der Waals surface area contributed by atoms with Crippen molar-refractivity contribution in [1.29, 1.82) is 0 Å². The number of ether oxygens (including phenoxy) is 2. The van der Waals surface area contributed by atoms with Gasteiger partial charge >= 0.3 is 5.97 Å². The van der Waals surface area contributed by atoms with Gasteiger partial charge in [-0.3, -0.25) is 9.59 Å². The molecule has 24 heavy (non-hydrogen) atoms. The lowest BCUT2D eigenvalue weighted by molar-refractivity contribution is -0.138. The van der Waals surface area contributed by atoms with Crippen molar-refractivity contribution in [1.82, 2.24) is 5.32 Å². The van der Waals surface area contributed by atoms with Crippen LogP contribution in [-0.4, -0.2) is 30.7 Å². The first kappa shape index (κ1) is 19.8. The van der Waals surface area contributed by atoms with Gasteiger partial charge in [0.05, 0.1) is 20.1 Å². The van der Waals surface area contributed by atoms with Crippen LogP contribution in [0, 0.1) is 0 Å². The fourth-order valence-electron chi connectivity index (χ4n) is 2.16. The Bertz CT molecular complexity index is 530. The van der Waals surface area contributed by atoms with E-state index in [1.54, 1.807) is 13.2 Å². The summed E-state index contributed by atoms with van der Waals surface area (Å²) >= 11 is 0. The van der Waals surface area contributed by atoms with Gasteiger partial charge in [-0.25, -0.2) is 0 Å². The standard InChI is InChI=1S/C18H27NO5/c1-3-4-5-6-11-24-16-12-15(23-2)8-7-14(16)13-19-17(20)9-10-18(21)22/h7-8,12H,3-6,9-11,13H2,1-2H3,(H,19,20)(H,21,22). The van der Waals surface area contributed by atoms with Crippen LogP contribution in [0.2, 0.25) is 0 Å². The topological polar surface area (TPSA) is 84.9 Å². The molecule has 1 rings (SSSR count). The summed E-state index contributed by atoms with van der Waals surface area (Å²) in [6.07, 6.45) is 4.27. The molecule has 1 amide bonds. The summed E-state index contributed by atoms with van der Waals surface area (Å²) in [6, 6.07) is 5.46. The maximum atomic E-state index is 11.6. The third kappa shape index (κ3) is 7.85. The van der Waals surface area contributed by atoms with E-state index in [2.05, 4.69) is 12.2 Å². The van der Waals surface area contributed by atoms with Gasteiger partial charge in [-0.15, -0.1) is 0 Å². The van der Waals surface area contributed by atoms with Crippen LogP contribution in [0.15, 0.2) is 18.2 Å². The van der Waals surface area contributed by atoms with Crippen molar-refractivity contribution in [3.05, 3.63) is 23.8 Å². The number of nitrogens with one attached hydrogen (secondary N) is 1. The van der Waals surface area contributed by atoms with Gasteiger partial charge in [0.2, 0.25) is 5.91 Å². The summed E-state index contributed by atoms with van der Waals surface area (Å²) in [4.78, 5) is 22.1. The molecule has 0 bridgehead atoms. The van der Waals surface area contributed by atoms with Crippen LogP contribution in [0.5, 0.6) is 11.5 Å². The highest BCUT2D eigenvalue weighted by molar-refractivity contribution is 5.80. The minimum absolute atomic E-state index is 0.0291. The second kappa shape index (κ2) is 11.3. The van der Waals surface area contributed by atoms with E-state index < -0.39 is 5.97 Å². The van der Waals surface area contributed by atoms with Crippen molar-refractivity contribution in [3.63, 3.8) is 0 Å². The van der Waals surface area contributed by atoms with Gasteiger partial charge in [-0.1, -0.05) is 26.2 Å². The highest BCUT2D eigenvalue weighted by Crippen LogP contribution is 2.25. The van der Waals surface area contributed by atoms with E-state index >= 15 is 0 Å². The van der Waals surface area contributed by atoms with E-state index in [-0.39, 0.29) is 18.7 Å². The van der Waals surface area contributed by atoms with Gasteiger partial charge in [0.25, 0.3) is 0 Å². The fraction of sp³-hybridized carbons (Fsp3) is 0.556. The molecule has 2 N–H and O–H groups in total. The minimum Gasteiger partial charge on any atom is -0.497 e. The molecule has 0 saturated carbocycles. The minimum atomic E-state index is -0.981.